The number of amides is 1. The maximum Gasteiger partial charge on any atom is 0.262 e. The predicted molar refractivity (Wildman–Crippen MR) is 84.0 cm³/mol. The summed E-state index contributed by atoms with van der Waals surface area (Å²) < 4.78 is 0.738. The van der Waals surface area contributed by atoms with Gasteiger partial charge in [0, 0.05) is 22.4 Å². The second-order valence-corrected chi connectivity index (χ2v) is 5.22. The number of hydrogen-bond donors (Lipinski definition) is 2. The molecule has 0 atom stereocenters. The van der Waals surface area contributed by atoms with Crippen LogP contribution in [0.25, 0.3) is 0 Å². The van der Waals surface area contributed by atoms with Gasteiger partial charge in [-0.05, 0) is 43.3 Å². The van der Waals surface area contributed by atoms with E-state index in [1.165, 1.54) is 6.07 Å². The van der Waals surface area contributed by atoms with E-state index in [0.717, 1.165) is 4.47 Å². The first-order valence-corrected chi connectivity index (χ1v) is 6.98. The second-order valence-electron chi connectivity index (χ2n) is 4.31. The second kappa shape index (κ2) is 5.96. The van der Waals surface area contributed by atoms with Crippen LogP contribution < -0.4 is 10.6 Å². The highest BCUT2D eigenvalue weighted by Crippen LogP contribution is 2.26. The Morgan fingerprint density at radius 1 is 1.30 bits per heavy atom. The van der Waals surface area contributed by atoms with E-state index >= 15 is 0 Å². The first-order valence-electron chi connectivity index (χ1n) is 6.19. The Labute approximate surface area is 126 Å². The van der Waals surface area contributed by atoms with Crippen molar-refractivity contribution < 1.29 is 9.90 Å². The van der Waals surface area contributed by atoms with Crippen LogP contribution in [-0.4, -0.2) is 17.6 Å². The van der Waals surface area contributed by atoms with Crippen molar-refractivity contribution >= 4 is 33.2 Å². The van der Waals surface area contributed by atoms with Crippen molar-refractivity contribution in [1.82, 2.24) is 0 Å². The molecule has 0 radical (unpaired) electrons. The van der Waals surface area contributed by atoms with Gasteiger partial charge in [0.05, 0.1) is 5.56 Å². The molecule has 0 heterocycles. The van der Waals surface area contributed by atoms with Crippen molar-refractivity contribution in [2.45, 2.75) is 6.92 Å². The van der Waals surface area contributed by atoms with Crippen molar-refractivity contribution in [2.75, 3.05) is 17.2 Å². The number of carbonyl (C=O) groups is 1. The number of nitrogens with zero attached hydrogens (tertiary/aromatic N) is 1. The molecular weight excluding hydrogens is 320 g/mol. The van der Waals surface area contributed by atoms with Gasteiger partial charge in [-0.3, -0.25) is 4.79 Å². The van der Waals surface area contributed by atoms with Gasteiger partial charge in [0.1, 0.15) is 5.75 Å². The molecule has 0 fully saturated rings. The summed E-state index contributed by atoms with van der Waals surface area (Å²) >= 11 is 3.30. The van der Waals surface area contributed by atoms with Gasteiger partial charge in [0.2, 0.25) is 0 Å². The van der Waals surface area contributed by atoms with Crippen LogP contribution in [0.3, 0.4) is 0 Å². The Hall–Kier alpha value is -2.01. The lowest BCUT2D eigenvalue weighted by Crippen LogP contribution is -2.30. The van der Waals surface area contributed by atoms with Crippen molar-refractivity contribution in [3.05, 3.63) is 52.5 Å². The third-order valence-corrected chi connectivity index (χ3v) is 3.43. The molecule has 0 aliphatic carbocycles. The molecule has 1 amide bonds. The largest absolute Gasteiger partial charge is 0.507 e. The van der Waals surface area contributed by atoms with Crippen LogP contribution in [0, 0.1) is 0 Å². The van der Waals surface area contributed by atoms with Crippen LogP contribution in [0.15, 0.2) is 46.9 Å². The average molecular weight is 335 g/mol. The number of phenols is 1. The number of anilines is 2. The molecule has 5 heteroatoms. The van der Waals surface area contributed by atoms with Crippen molar-refractivity contribution in [2.24, 2.45) is 0 Å². The fourth-order valence-corrected chi connectivity index (χ4v) is 2.32. The first-order chi connectivity index (χ1) is 9.52. The van der Waals surface area contributed by atoms with Gasteiger partial charge < -0.3 is 15.7 Å². The zero-order valence-corrected chi connectivity index (χ0v) is 12.6. The molecule has 3 N–H and O–H groups in total. The minimum atomic E-state index is -0.267. The number of nitrogen functional groups attached to an aromatic ring is 1. The zero-order chi connectivity index (χ0) is 14.7. The fourth-order valence-electron chi connectivity index (χ4n) is 1.96. The van der Waals surface area contributed by atoms with Crippen molar-refractivity contribution in [1.29, 1.82) is 0 Å². The van der Waals surface area contributed by atoms with Gasteiger partial charge >= 0.3 is 0 Å². The number of aromatic hydroxyl groups is 1. The Morgan fingerprint density at radius 2 is 2.05 bits per heavy atom. The van der Waals surface area contributed by atoms with Crippen LogP contribution in [-0.2, 0) is 0 Å². The van der Waals surface area contributed by atoms with Crippen LogP contribution in [0.2, 0.25) is 0 Å². The lowest BCUT2D eigenvalue weighted by atomic mass is 10.1. The SMILES string of the molecule is CCN(C(=O)c1cc(Br)ccc1O)c1cccc(N)c1. The summed E-state index contributed by atoms with van der Waals surface area (Å²) in [7, 11) is 0. The quantitative estimate of drug-likeness (QED) is 0.845. The molecular formula is C15H15BrN2O2. The maximum atomic E-state index is 12.6. The van der Waals surface area contributed by atoms with Gasteiger partial charge in [0.25, 0.3) is 5.91 Å². The molecule has 0 aliphatic heterocycles. The number of benzene rings is 2. The molecule has 2 aromatic carbocycles. The van der Waals surface area contributed by atoms with Gasteiger partial charge in [-0.15, -0.1) is 0 Å². The Morgan fingerprint density at radius 3 is 2.70 bits per heavy atom. The van der Waals surface area contributed by atoms with Crippen LogP contribution in [0.4, 0.5) is 11.4 Å². The van der Waals surface area contributed by atoms with Crippen LogP contribution in [0.1, 0.15) is 17.3 Å². The number of nitrogens with two attached hydrogens (primary N) is 1. The first kappa shape index (κ1) is 14.4. The molecule has 0 saturated carbocycles. The highest BCUT2D eigenvalue weighted by atomic mass is 79.9. The van der Waals surface area contributed by atoms with E-state index in [2.05, 4.69) is 15.9 Å². The summed E-state index contributed by atoms with van der Waals surface area (Å²) in [5.74, 6) is -0.308. The van der Waals surface area contributed by atoms with Gasteiger partial charge in [-0.1, -0.05) is 22.0 Å². The van der Waals surface area contributed by atoms with Crippen molar-refractivity contribution in [3.8, 4) is 5.75 Å². The molecule has 0 bridgehead atoms. The van der Waals surface area contributed by atoms with Gasteiger partial charge in [0.15, 0.2) is 0 Å². The molecule has 0 aromatic heterocycles. The van der Waals surface area contributed by atoms with Crippen molar-refractivity contribution in [3.63, 3.8) is 0 Å². The third-order valence-electron chi connectivity index (χ3n) is 2.93. The number of rotatable bonds is 3. The normalized spacial score (nSPS) is 10.3. The van der Waals surface area contributed by atoms with E-state index in [1.54, 1.807) is 35.2 Å². The maximum absolute atomic E-state index is 12.6. The van der Waals surface area contributed by atoms with Crippen LogP contribution in [0.5, 0.6) is 5.75 Å². The molecule has 20 heavy (non-hydrogen) atoms. The van der Waals surface area contributed by atoms with Gasteiger partial charge in [-0.25, -0.2) is 0 Å². The fraction of sp³-hybridized carbons (Fsp3) is 0.133. The summed E-state index contributed by atoms with van der Waals surface area (Å²) in [5, 5.41) is 9.86. The highest BCUT2D eigenvalue weighted by molar-refractivity contribution is 9.10. The lowest BCUT2D eigenvalue weighted by molar-refractivity contribution is 0.0985. The Balaban J connectivity index is 2.41. The zero-order valence-electron chi connectivity index (χ0n) is 11.0. The summed E-state index contributed by atoms with van der Waals surface area (Å²) in [6.07, 6.45) is 0. The Bertz CT molecular complexity index is 644. The van der Waals surface area contributed by atoms with Gasteiger partial charge in [-0.2, -0.15) is 0 Å². The number of carbonyl (C=O) groups excluding carboxylic acids is 1. The number of hydrogen-bond acceptors (Lipinski definition) is 3. The molecule has 104 valence electrons. The standard InChI is InChI=1S/C15H15BrN2O2/c1-2-18(12-5-3-4-11(17)9-12)15(20)13-8-10(16)6-7-14(13)19/h3-9,19H,2,17H2,1H3. The summed E-state index contributed by atoms with van der Waals surface area (Å²) in [5.41, 5.74) is 7.30. The molecule has 2 rings (SSSR count). The smallest absolute Gasteiger partial charge is 0.262 e. The lowest BCUT2D eigenvalue weighted by Gasteiger charge is -2.22. The molecule has 0 spiro atoms. The Kier molecular flexibility index (Phi) is 4.29. The van der Waals surface area contributed by atoms with E-state index in [4.69, 9.17) is 5.73 Å². The van der Waals surface area contributed by atoms with E-state index in [9.17, 15) is 9.90 Å². The number of halogens is 1. The molecule has 2 aromatic rings. The topological polar surface area (TPSA) is 66.6 Å². The van der Waals surface area contributed by atoms with E-state index in [0.29, 0.717) is 17.9 Å². The highest BCUT2D eigenvalue weighted by Gasteiger charge is 2.19. The van der Waals surface area contributed by atoms with E-state index < -0.39 is 0 Å². The van der Waals surface area contributed by atoms with E-state index in [-0.39, 0.29) is 17.2 Å². The minimum Gasteiger partial charge on any atom is -0.507 e. The van der Waals surface area contributed by atoms with Crippen LogP contribution >= 0.6 is 15.9 Å². The minimum absolute atomic E-state index is 0.0412. The predicted octanol–water partition coefficient (Wildman–Crippen LogP) is 3.40. The third kappa shape index (κ3) is 2.93. The molecule has 0 unspecified atom stereocenters. The molecule has 0 saturated heterocycles. The van der Waals surface area contributed by atoms with E-state index in [1.807, 2.05) is 13.0 Å². The number of phenolic OH excluding ortho intramolecular Hbond substituents is 1. The average Bonchev–Trinajstić information content (AvgIpc) is 2.42. The molecule has 4 nitrogen and oxygen atoms in total. The monoisotopic (exact) mass is 334 g/mol. The summed E-state index contributed by atoms with van der Waals surface area (Å²) in [4.78, 5) is 14.1. The summed E-state index contributed by atoms with van der Waals surface area (Å²) in [6.45, 7) is 2.35. The molecule has 0 aliphatic rings. The summed E-state index contributed by atoms with van der Waals surface area (Å²) in [6, 6.07) is 11.9.